The normalized spacial score (nSPS) is 12.4. The highest BCUT2D eigenvalue weighted by atomic mass is 16.5. The van der Waals surface area contributed by atoms with Gasteiger partial charge < -0.3 is 19.6 Å². The first-order valence-corrected chi connectivity index (χ1v) is 10.0. The van der Waals surface area contributed by atoms with Crippen LogP contribution in [0.1, 0.15) is 59.6 Å². The lowest BCUT2D eigenvalue weighted by Gasteiger charge is -2.30. The average molecular weight is 381 g/mol. The highest BCUT2D eigenvalue weighted by Crippen LogP contribution is 2.14. The van der Waals surface area contributed by atoms with Gasteiger partial charge in [0.05, 0.1) is 0 Å². The number of nitrogens with zero attached hydrogens (tertiary/aromatic N) is 3. The van der Waals surface area contributed by atoms with Crippen LogP contribution in [-0.2, 0) is 9.59 Å². The number of carbonyl (C=O) groups excluding carboxylic acids is 2. The number of carbonyl (C=O) groups is 2. The monoisotopic (exact) mass is 380 g/mol. The van der Waals surface area contributed by atoms with Crippen molar-refractivity contribution in [2.45, 2.75) is 66.8 Å². The van der Waals surface area contributed by atoms with Crippen LogP contribution in [0, 0.1) is 12.8 Å². The standard InChI is InChI=1S/C20H36N4O3/c1-7-23(8-2)11-9-10-16(5)24(20(26)12-15(3)4)14-19(25)21-18-13-17(6)27-22-18/h13,15-16H,7-12,14H2,1-6H3,(H,21,22,25)/t16-/m1/s1. The fraction of sp³-hybridized carbons (Fsp3) is 0.750. The minimum atomic E-state index is -0.254. The molecule has 0 aliphatic rings. The molecule has 0 aliphatic carbocycles. The van der Waals surface area contributed by atoms with Gasteiger partial charge in [-0.2, -0.15) is 0 Å². The number of anilines is 1. The van der Waals surface area contributed by atoms with E-state index < -0.39 is 0 Å². The van der Waals surface area contributed by atoms with E-state index in [2.05, 4.69) is 29.2 Å². The molecule has 0 spiro atoms. The molecule has 7 nitrogen and oxygen atoms in total. The van der Waals surface area contributed by atoms with Crippen LogP contribution in [-0.4, -0.2) is 59.0 Å². The zero-order chi connectivity index (χ0) is 20.4. The molecule has 1 N–H and O–H groups in total. The molecule has 1 aromatic heterocycles. The Labute approximate surface area is 163 Å². The summed E-state index contributed by atoms with van der Waals surface area (Å²) in [5.41, 5.74) is 0. The van der Waals surface area contributed by atoms with Crippen molar-refractivity contribution < 1.29 is 14.1 Å². The molecule has 0 saturated heterocycles. The molecule has 2 amide bonds. The van der Waals surface area contributed by atoms with Gasteiger partial charge in [-0.25, -0.2) is 0 Å². The second-order valence-electron chi connectivity index (χ2n) is 7.51. The van der Waals surface area contributed by atoms with E-state index in [-0.39, 0.29) is 30.3 Å². The lowest BCUT2D eigenvalue weighted by molar-refractivity contribution is -0.137. The number of aryl methyl sites for hydroxylation is 1. The summed E-state index contributed by atoms with van der Waals surface area (Å²) >= 11 is 0. The molecule has 0 fully saturated rings. The Kier molecular flexibility index (Phi) is 10.1. The third-order valence-corrected chi connectivity index (χ3v) is 4.64. The molecule has 1 atom stereocenters. The minimum absolute atomic E-state index is 0.0107. The Morgan fingerprint density at radius 1 is 1.22 bits per heavy atom. The van der Waals surface area contributed by atoms with Crippen LogP contribution in [0.15, 0.2) is 10.6 Å². The first-order chi connectivity index (χ1) is 12.8. The van der Waals surface area contributed by atoms with Gasteiger partial charge in [-0.3, -0.25) is 9.59 Å². The molecule has 0 aromatic carbocycles. The summed E-state index contributed by atoms with van der Waals surface area (Å²) < 4.78 is 4.96. The van der Waals surface area contributed by atoms with E-state index in [0.717, 1.165) is 32.5 Å². The van der Waals surface area contributed by atoms with E-state index in [4.69, 9.17) is 4.52 Å². The van der Waals surface area contributed by atoms with E-state index in [0.29, 0.717) is 18.0 Å². The highest BCUT2D eigenvalue weighted by molar-refractivity contribution is 5.93. The SMILES string of the molecule is CCN(CC)CCC[C@@H](C)N(CC(=O)Nc1cc(C)on1)C(=O)CC(C)C. The van der Waals surface area contributed by atoms with Crippen LogP contribution in [0.3, 0.4) is 0 Å². The zero-order valence-electron chi connectivity index (χ0n) is 17.7. The molecule has 0 unspecified atom stereocenters. The third-order valence-electron chi connectivity index (χ3n) is 4.64. The van der Waals surface area contributed by atoms with Crippen molar-refractivity contribution in [3.8, 4) is 0 Å². The zero-order valence-corrected chi connectivity index (χ0v) is 17.7. The van der Waals surface area contributed by atoms with Gasteiger partial charge >= 0.3 is 0 Å². The number of amides is 2. The highest BCUT2D eigenvalue weighted by Gasteiger charge is 2.23. The van der Waals surface area contributed by atoms with Crippen molar-refractivity contribution in [2.24, 2.45) is 5.92 Å². The van der Waals surface area contributed by atoms with E-state index in [1.54, 1.807) is 17.9 Å². The molecule has 0 aliphatic heterocycles. The first-order valence-electron chi connectivity index (χ1n) is 10.0. The Balaban J connectivity index is 2.67. The summed E-state index contributed by atoms with van der Waals surface area (Å²) in [6.07, 6.45) is 2.31. The molecule has 0 saturated carbocycles. The van der Waals surface area contributed by atoms with Gasteiger partial charge in [0.25, 0.3) is 0 Å². The molecular formula is C20H36N4O3. The second-order valence-corrected chi connectivity index (χ2v) is 7.51. The molecule has 1 rings (SSSR count). The Morgan fingerprint density at radius 2 is 1.89 bits per heavy atom. The van der Waals surface area contributed by atoms with Crippen molar-refractivity contribution >= 4 is 17.6 Å². The van der Waals surface area contributed by atoms with Crippen LogP contribution in [0.25, 0.3) is 0 Å². The van der Waals surface area contributed by atoms with Crippen molar-refractivity contribution in [3.63, 3.8) is 0 Å². The predicted molar refractivity (Wildman–Crippen MR) is 108 cm³/mol. The lowest BCUT2D eigenvalue weighted by atomic mass is 10.1. The van der Waals surface area contributed by atoms with Crippen molar-refractivity contribution in [1.82, 2.24) is 15.0 Å². The average Bonchev–Trinajstić information content (AvgIpc) is 3.00. The van der Waals surface area contributed by atoms with Gasteiger partial charge in [-0.15, -0.1) is 0 Å². The predicted octanol–water partition coefficient (Wildman–Crippen LogP) is 3.31. The minimum Gasteiger partial charge on any atom is -0.360 e. The van der Waals surface area contributed by atoms with E-state index in [9.17, 15) is 9.59 Å². The number of hydrogen-bond acceptors (Lipinski definition) is 5. The number of rotatable bonds is 12. The molecular weight excluding hydrogens is 344 g/mol. The fourth-order valence-corrected chi connectivity index (χ4v) is 3.02. The van der Waals surface area contributed by atoms with Gasteiger partial charge in [-0.1, -0.05) is 32.9 Å². The first kappa shape index (κ1) is 23.1. The molecule has 1 aromatic rings. The number of hydrogen-bond donors (Lipinski definition) is 1. The summed E-state index contributed by atoms with van der Waals surface area (Å²) in [6.45, 7) is 15.2. The quantitative estimate of drug-likeness (QED) is 0.602. The van der Waals surface area contributed by atoms with E-state index >= 15 is 0 Å². The maximum atomic E-state index is 12.7. The topological polar surface area (TPSA) is 78.7 Å². The van der Waals surface area contributed by atoms with Crippen LogP contribution in [0.5, 0.6) is 0 Å². The van der Waals surface area contributed by atoms with Crippen molar-refractivity contribution in [1.29, 1.82) is 0 Å². The van der Waals surface area contributed by atoms with Gasteiger partial charge in [0, 0.05) is 18.5 Å². The smallest absolute Gasteiger partial charge is 0.245 e. The van der Waals surface area contributed by atoms with Crippen LogP contribution >= 0.6 is 0 Å². The number of nitrogens with one attached hydrogen (secondary N) is 1. The number of aromatic nitrogens is 1. The van der Waals surface area contributed by atoms with E-state index in [1.165, 1.54) is 0 Å². The molecule has 1 heterocycles. The van der Waals surface area contributed by atoms with Crippen LogP contribution in [0.2, 0.25) is 0 Å². The van der Waals surface area contributed by atoms with Crippen LogP contribution in [0.4, 0.5) is 5.82 Å². The maximum Gasteiger partial charge on any atom is 0.245 e. The van der Waals surface area contributed by atoms with E-state index in [1.807, 2.05) is 20.8 Å². The maximum absolute atomic E-state index is 12.7. The van der Waals surface area contributed by atoms with Crippen molar-refractivity contribution in [2.75, 3.05) is 31.5 Å². The summed E-state index contributed by atoms with van der Waals surface area (Å²) in [4.78, 5) is 29.2. The van der Waals surface area contributed by atoms with Crippen molar-refractivity contribution in [3.05, 3.63) is 11.8 Å². The lowest BCUT2D eigenvalue weighted by Crippen LogP contribution is -2.44. The molecule has 27 heavy (non-hydrogen) atoms. The summed E-state index contributed by atoms with van der Waals surface area (Å²) in [7, 11) is 0. The summed E-state index contributed by atoms with van der Waals surface area (Å²) in [5, 5.41) is 6.48. The molecule has 154 valence electrons. The largest absolute Gasteiger partial charge is 0.360 e. The second kappa shape index (κ2) is 11.7. The van der Waals surface area contributed by atoms with Crippen LogP contribution < -0.4 is 5.32 Å². The third kappa shape index (κ3) is 8.56. The summed E-state index contributed by atoms with van der Waals surface area (Å²) in [5.74, 6) is 1.03. The molecule has 0 bridgehead atoms. The molecule has 7 heteroatoms. The van der Waals surface area contributed by atoms with Gasteiger partial charge in [0.15, 0.2) is 5.82 Å². The Bertz CT molecular complexity index is 582. The Morgan fingerprint density at radius 3 is 2.41 bits per heavy atom. The summed E-state index contributed by atoms with van der Waals surface area (Å²) in [6, 6.07) is 1.67. The Hall–Kier alpha value is -1.89. The fourth-order valence-electron chi connectivity index (χ4n) is 3.02. The molecule has 0 radical (unpaired) electrons. The van der Waals surface area contributed by atoms with Gasteiger partial charge in [0.2, 0.25) is 11.8 Å². The van der Waals surface area contributed by atoms with Gasteiger partial charge in [-0.05, 0) is 52.2 Å². The van der Waals surface area contributed by atoms with Gasteiger partial charge in [0.1, 0.15) is 12.3 Å².